The number of rotatable bonds is 3. The van der Waals surface area contributed by atoms with Crippen molar-refractivity contribution in [2.24, 2.45) is 0 Å². The first-order chi connectivity index (χ1) is 17.4. The SMILES string of the molecule is CC1(C)C(=O)NCCN1C(=O)c1nn(-c2ccncn2)c2c1OCc1ccc(-c3cccnc3)cc1-2. The van der Waals surface area contributed by atoms with Crippen LogP contribution in [-0.2, 0) is 11.4 Å². The van der Waals surface area contributed by atoms with Crippen molar-refractivity contribution in [3.05, 3.63) is 72.6 Å². The molecule has 10 nitrogen and oxygen atoms in total. The van der Waals surface area contributed by atoms with Gasteiger partial charge in [-0.15, -0.1) is 0 Å². The molecule has 0 unspecified atom stereocenters. The first-order valence-electron chi connectivity index (χ1n) is 11.6. The molecular weight excluding hydrogens is 458 g/mol. The maximum atomic E-state index is 13.8. The highest BCUT2D eigenvalue weighted by Gasteiger charge is 2.43. The predicted octanol–water partition coefficient (Wildman–Crippen LogP) is 2.63. The van der Waals surface area contributed by atoms with Crippen molar-refractivity contribution in [1.82, 2.24) is 34.9 Å². The lowest BCUT2D eigenvalue weighted by Gasteiger charge is -2.40. The number of carbonyl (C=O) groups is 2. The maximum absolute atomic E-state index is 13.8. The lowest BCUT2D eigenvalue weighted by molar-refractivity contribution is -0.133. The first-order valence-corrected chi connectivity index (χ1v) is 11.6. The molecule has 3 aromatic heterocycles. The molecule has 1 fully saturated rings. The number of hydrogen-bond acceptors (Lipinski definition) is 7. The van der Waals surface area contributed by atoms with Crippen LogP contribution in [0.3, 0.4) is 0 Å². The highest BCUT2D eigenvalue weighted by Crippen LogP contribution is 2.43. The number of fused-ring (bicyclic) bond motifs is 3. The molecule has 2 amide bonds. The van der Waals surface area contributed by atoms with Gasteiger partial charge >= 0.3 is 0 Å². The molecule has 0 spiro atoms. The smallest absolute Gasteiger partial charge is 0.279 e. The second-order valence-electron chi connectivity index (χ2n) is 9.18. The fourth-order valence-corrected chi connectivity index (χ4v) is 4.66. The first kappa shape index (κ1) is 21.9. The largest absolute Gasteiger partial charge is 0.484 e. The van der Waals surface area contributed by atoms with E-state index in [1.807, 2.05) is 30.5 Å². The highest BCUT2D eigenvalue weighted by atomic mass is 16.5. The zero-order chi connectivity index (χ0) is 24.9. The number of ether oxygens (including phenoxy) is 1. The highest BCUT2D eigenvalue weighted by molar-refractivity contribution is 6.02. The van der Waals surface area contributed by atoms with Gasteiger partial charge in [-0.2, -0.15) is 5.10 Å². The van der Waals surface area contributed by atoms with Crippen molar-refractivity contribution in [2.45, 2.75) is 26.0 Å². The number of piperazine rings is 1. The lowest BCUT2D eigenvalue weighted by atomic mass is 9.95. The van der Waals surface area contributed by atoms with Gasteiger partial charge in [-0.1, -0.05) is 18.2 Å². The summed E-state index contributed by atoms with van der Waals surface area (Å²) in [5, 5.41) is 7.52. The van der Waals surface area contributed by atoms with E-state index in [0.717, 1.165) is 22.3 Å². The Morgan fingerprint density at radius 3 is 2.78 bits per heavy atom. The van der Waals surface area contributed by atoms with Crippen molar-refractivity contribution >= 4 is 11.8 Å². The van der Waals surface area contributed by atoms with E-state index in [0.29, 0.717) is 30.4 Å². The molecule has 10 heteroatoms. The third-order valence-electron chi connectivity index (χ3n) is 6.66. The van der Waals surface area contributed by atoms with Crippen molar-refractivity contribution in [1.29, 1.82) is 0 Å². The average molecular weight is 482 g/mol. The van der Waals surface area contributed by atoms with Gasteiger partial charge in [-0.3, -0.25) is 14.6 Å². The Kier molecular flexibility index (Phi) is 5.03. The maximum Gasteiger partial charge on any atom is 0.279 e. The van der Waals surface area contributed by atoms with E-state index in [-0.39, 0.29) is 24.1 Å². The van der Waals surface area contributed by atoms with Gasteiger partial charge in [0.2, 0.25) is 5.91 Å². The van der Waals surface area contributed by atoms with Gasteiger partial charge in [-0.25, -0.2) is 14.6 Å². The van der Waals surface area contributed by atoms with E-state index < -0.39 is 5.54 Å². The number of aromatic nitrogens is 5. The molecule has 0 aliphatic carbocycles. The fourth-order valence-electron chi connectivity index (χ4n) is 4.66. The Morgan fingerprint density at radius 1 is 1.11 bits per heavy atom. The van der Waals surface area contributed by atoms with Crippen LogP contribution in [-0.4, -0.2) is 60.1 Å². The number of nitrogens with one attached hydrogen (secondary N) is 1. The van der Waals surface area contributed by atoms with Crippen LogP contribution < -0.4 is 10.1 Å². The third kappa shape index (κ3) is 3.41. The van der Waals surface area contributed by atoms with Crippen molar-refractivity contribution in [2.75, 3.05) is 13.1 Å². The molecule has 6 rings (SSSR count). The minimum Gasteiger partial charge on any atom is -0.484 e. The molecule has 180 valence electrons. The molecular formula is C26H23N7O3. The number of hydrogen-bond donors (Lipinski definition) is 1. The Morgan fingerprint density at radius 2 is 2.00 bits per heavy atom. The lowest BCUT2D eigenvalue weighted by Crippen LogP contribution is -2.63. The summed E-state index contributed by atoms with van der Waals surface area (Å²) in [4.78, 5) is 40.5. The average Bonchev–Trinajstić information content (AvgIpc) is 3.31. The standard InChI is InChI=1S/C26H23N7O3/c1-26(2)25(35)29-10-11-32(26)24(34)21-23-22(33(31-21)20-7-9-28-15-30-20)19-12-16(5-6-18(19)14-36-23)17-4-3-8-27-13-17/h3-9,12-13,15H,10-11,14H2,1-2H3,(H,29,35). The number of carbonyl (C=O) groups excluding carboxylic acids is 2. The quantitative estimate of drug-likeness (QED) is 0.478. The summed E-state index contributed by atoms with van der Waals surface area (Å²) >= 11 is 0. The molecule has 1 aromatic carbocycles. The number of amides is 2. The number of pyridine rings is 1. The van der Waals surface area contributed by atoms with Gasteiger partial charge in [0.25, 0.3) is 5.91 Å². The van der Waals surface area contributed by atoms with E-state index >= 15 is 0 Å². The molecule has 1 saturated heterocycles. The number of benzene rings is 1. The molecule has 0 radical (unpaired) electrons. The molecule has 2 aliphatic heterocycles. The van der Waals surface area contributed by atoms with Gasteiger partial charge in [0.1, 0.15) is 24.2 Å². The van der Waals surface area contributed by atoms with Gasteiger partial charge in [-0.05, 0) is 37.1 Å². The summed E-state index contributed by atoms with van der Waals surface area (Å²) < 4.78 is 7.77. The predicted molar refractivity (Wildman–Crippen MR) is 130 cm³/mol. The summed E-state index contributed by atoms with van der Waals surface area (Å²) in [6, 6.07) is 11.7. The van der Waals surface area contributed by atoms with Crippen LogP contribution in [0.4, 0.5) is 0 Å². The van der Waals surface area contributed by atoms with Gasteiger partial charge in [0.15, 0.2) is 17.3 Å². The monoisotopic (exact) mass is 481 g/mol. The van der Waals surface area contributed by atoms with Gasteiger partial charge in [0.05, 0.1) is 0 Å². The fraction of sp³-hybridized carbons (Fsp3) is 0.231. The number of nitrogens with zero attached hydrogens (tertiary/aromatic N) is 6. The topological polar surface area (TPSA) is 115 Å². The summed E-state index contributed by atoms with van der Waals surface area (Å²) in [5.74, 6) is 0.291. The van der Waals surface area contributed by atoms with Crippen LogP contribution in [0.5, 0.6) is 5.75 Å². The minimum absolute atomic E-state index is 0.142. The minimum atomic E-state index is -1.03. The second kappa shape index (κ2) is 8.26. The third-order valence-corrected chi connectivity index (χ3v) is 6.66. The van der Waals surface area contributed by atoms with E-state index in [4.69, 9.17) is 9.84 Å². The van der Waals surface area contributed by atoms with Crippen molar-refractivity contribution in [3.63, 3.8) is 0 Å². The Hall–Kier alpha value is -4.60. The normalized spacial score (nSPS) is 15.9. The second-order valence-corrected chi connectivity index (χ2v) is 9.18. The van der Waals surface area contributed by atoms with Crippen LogP contribution in [0.1, 0.15) is 29.9 Å². The molecule has 5 heterocycles. The summed E-state index contributed by atoms with van der Waals surface area (Å²) in [6.07, 6.45) is 6.59. The van der Waals surface area contributed by atoms with Crippen LogP contribution >= 0.6 is 0 Å². The van der Waals surface area contributed by atoms with Crippen LogP contribution in [0.15, 0.2) is 61.3 Å². The van der Waals surface area contributed by atoms with Crippen molar-refractivity contribution in [3.8, 4) is 34.0 Å². The molecule has 2 aliphatic rings. The van der Waals surface area contributed by atoms with Crippen molar-refractivity contribution < 1.29 is 14.3 Å². The Bertz CT molecular complexity index is 1480. The Labute approximate surface area is 207 Å². The Balaban J connectivity index is 1.54. The van der Waals surface area contributed by atoms with Crippen LogP contribution in [0.2, 0.25) is 0 Å². The molecule has 0 atom stereocenters. The van der Waals surface area contributed by atoms with Gasteiger partial charge in [0, 0.05) is 48.9 Å². The zero-order valence-electron chi connectivity index (χ0n) is 19.8. The van der Waals surface area contributed by atoms with Crippen LogP contribution in [0, 0.1) is 0 Å². The summed E-state index contributed by atoms with van der Waals surface area (Å²) in [7, 11) is 0. The van der Waals surface area contributed by atoms with E-state index in [9.17, 15) is 9.59 Å². The van der Waals surface area contributed by atoms with Gasteiger partial charge < -0.3 is 15.0 Å². The molecule has 1 N–H and O–H groups in total. The summed E-state index contributed by atoms with van der Waals surface area (Å²) in [5.41, 5.74) is 3.54. The molecule has 0 bridgehead atoms. The molecule has 4 aromatic rings. The van der Waals surface area contributed by atoms with E-state index in [2.05, 4.69) is 26.3 Å². The molecule has 0 saturated carbocycles. The van der Waals surface area contributed by atoms with Crippen LogP contribution in [0.25, 0.3) is 28.2 Å². The summed E-state index contributed by atoms with van der Waals surface area (Å²) in [6.45, 7) is 4.48. The van der Waals surface area contributed by atoms with E-state index in [1.165, 1.54) is 6.33 Å². The van der Waals surface area contributed by atoms with E-state index in [1.54, 1.807) is 41.9 Å². The molecule has 36 heavy (non-hydrogen) atoms. The zero-order valence-corrected chi connectivity index (χ0v) is 19.8.